The summed E-state index contributed by atoms with van der Waals surface area (Å²) in [4.78, 5) is 45.0. The van der Waals surface area contributed by atoms with Gasteiger partial charge in [0.25, 0.3) is 11.1 Å². The second kappa shape index (κ2) is 7.23. The molecule has 8 heteroatoms. The molecule has 0 unspecified atom stereocenters. The summed E-state index contributed by atoms with van der Waals surface area (Å²) in [6.45, 7) is 0. The Kier molecular flexibility index (Phi) is 4.59. The molecule has 8 nitrogen and oxygen atoms in total. The molecule has 0 aliphatic heterocycles. The van der Waals surface area contributed by atoms with E-state index in [0.29, 0.717) is 11.4 Å². The van der Waals surface area contributed by atoms with Crippen LogP contribution in [0.2, 0.25) is 0 Å². The molecular formula is C21H18N4O4. The van der Waals surface area contributed by atoms with E-state index in [1.165, 1.54) is 11.6 Å². The molecule has 0 radical (unpaired) electrons. The Morgan fingerprint density at radius 1 is 1.00 bits per heavy atom. The Morgan fingerprint density at radius 3 is 2.34 bits per heavy atom. The molecule has 0 fully saturated rings. The maximum Gasteiger partial charge on any atom is 0.337 e. The monoisotopic (exact) mass is 390 g/mol. The maximum atomic E-state index is 12.9. The fraction of sp³-hybridized carbons (Fsp3) is 0.143. The van der Waals surface area contributed by atoms with E-state index in [-0.39, 0.29) is 23.3 Å². The zero-order valence-corrected chi connectivity index (χ0v) is 15.9. The minimum atomic E-state index is -0.606. The molecule has 146 valence electrons. The van der Waals surface area contributed by atoms with E-state index in [1.54, 1.807) is 31.4 Å². The lowest BCUT2D eigenvalue weighted by molar-refractivity contribution is 0.414. The van der Waals surface area contributed by atoms with Crippen molar-refractivity contribution in [2.45, 2.75) is 6.42 Å². The fourth-order valence-electron chi connectivity index (χ4n) is 3.16. The van der Waals surface area contributed by atoms with Gasteiger partial charge in [0.05, 0.1) is 12.8 Å². The number of nitrogens with one attached hydrogen (secondary N) is 1. The van der Waals surface area contributed by atoms with Gasteiger partial charge in [-0.2, -0.15) is 0 Å². The van der Waals surface area contributed by atoms with E-state index < -0.39 is 16.8 Å². The van der Waals surface area contributed by atoms with Gasteiger partial charge in [-0.05, 0) is 29.8 Å². The number of fused-ring (bicyclic) bond motifs is 1. The van der Waals surface area contributed by atoms with Gasteiger partial charge in [-0.1, -0.05) is 30.3 Å². The number of benzene rings is 2. The fourth-order valence-corrected chi connectivity index (χ4v) is 3.16. The predicted octanol–water partition coefficient (Wildman–Crippen LogP) is 1.37. The molecule has 4 rings (SSSR count). The van der Waals surface area contributed by atoms with Crippen LogP contribution in [0.4, 0.5) is 0 Å². The van der Waals surface area contributed by atoms with Gasteiger partial charge in [-0.25, -0.2) is 14.3 Å². The third kappa shape index (κ3) is 3.25. The Hall–Kier alpha value is -3.94. The molecule has 0 atom stereocenters. The van der Waals surface area contributed by atoms with Crippen molar-refractivity contribution in [2.24, 2.45) is 7.05 Å². The van der Waals surface area contributed by atoms with Crippen molar-refractivity contribution in [3.63, 3.8) is 0 Å². The maximum absolute atomic E-state index is 12.9. The SMILES string of the molecule is COc1ccc(-n2c(=O)n(C)c(=O)c3[nH]c(=O)c(Cc4ccccc4)nc32)cc1. The molecule has 0 aliphatic rings. The summed E-state index contributed by atoms with van der Waals surface area (Å²) in [5.41, 5.74) is 0.0765. The Labute approximate surface area is 164 Å². The van der Waals surface area contributed by atoms with Crippen LogP contribution in [0.5, 0.6) is 5.75 Å². The van der Waals surface area contributed by atoms with E-state index in [0.717, 1.165) is 10.1 Å². The normalized spacial score (nSPS) is 11.0. The number of hydrogen-bond acceptors (Lipinski definition) is 5. The molecule has 2 aromatic heterocycles. The summed E-state index contributed by atoms with van der Waals surface area (Å²) >= 11 is 0. The molecule has 0 saturated heterocycles. The number of nitrogens with zero attached hydrogens (tertiary/aromatic N) is 3. The summed E-state index contributed by atoms with van der Waals surface area (Å²) < 4.78 is 7.41. The van der Waals surface area contributed by atoms with Crippen LogP contribution < -0.4 is 21.5 Å². The summed E-state index contributed by atoms with van der Waals surface area (Å²) in [5.74, 6) is 0.627. The van der Waals surface area contributed by atoms with Crippen LogP contribution in [-0.4, -0.2) is 26.2 Å². The highest BCUT2D eigenvalue weighted by Gasteiger charge is 2.17. The van der Waals surface area contributed by atoms with Gasteiger partial charge in [0.2, 0.25) is 0 Å². The smallest absolute Gasteiger partial charge is 0.337 e. The average molecular weight is 390 g/mol. The first kappa shape index (κ1) is 18.4. The third-order valence-electron chi connectivity index (χ3n) is 4.72. The Bertz CT molecular complexity index is 1370. The minimum Gasteiger partial charge on any atom is -0.497 e. The van der Waals surface area contributed by atoms with Gasteiger partial charge in [0.15, 0.2) is 11.2 Å². The molecule has 4 aromatic rings. The first-order valence-corrected chi connectivity index (χ1v) is 8.93. The molecule has 2 aromatic carbocycles. The van der Waals surface area contributed by atoms with Crippen LogP contribution in [0.25, 0.3) is 16.9 Å². The third-order valence-corrected chi connectivity index (χ3v) is 4.72. The number of aromatic amines is 1. The van der Waals surface area contributed by atoms with Crippen molar-refractivity contribution in [2.75, 3.05) is 7.11 Å². The Balaban J connectivity index is 2.00. The Morgan fingerprint density at radius 2 is 1.69 bits per heavy atom. The predicted molar refractivity (Wildman–Crippen MR) is 109 cm³/mol. The van der Waals surface area contributed by atoms with Crippen molar-refractivity contribution in [1.29, 1.82) is 0 Å². The van der Waals surface area contributed by atoms with Crippen LogP contribution in [0, 0.1) is 0 Å². The van der Waals surface area contributed by atoms with Crippen molar-refractivity contribution in [3.8, 4) is 11.4 Å². The number of aromatic nitrogens is 4. The number of hydrogen-bond donors (Lipinski definition) is 1. The second-order valence-electron chi connectivity index (χ2n) is 6.55. The zero-order valence-electron chi connectivity index (χ0n) is 15.9. The molecule has 0 spiro atoms. The topological polar surface area (TPSA) is 99.0 Å². The van der Waals surface area contributed by atoms with Crippen LogP contribution in [0.1, 0.15) is 11.3 Å². The van der Waals surface area contributed by atoms with E-state index in [2.05, 4.69) is 9.97 Å². The molecular weight excluding hydrogens is 372 g/mol. The van der Waals surface area contributed by atoms with Crippen molar-refractivity contribution in [3.05, 3.63) is 97.0 Å². The van der Waals surface area contributed by atoms with Gasteiger partial charge < -0.3 is 9.72 Å². The molecule has 1 N–H and O–H groups in total. The zero-order chi connectivity index (χ0) is 20.5. The first-order chi connectivity index (χ1) is 14.0. The van der Waals surface area contributed by atoms with Gasteiger partial charge in [0.1, 0.15) is 11.4 Å². The highest BCUT2D eigenvalue weighted by atomic mass is 16.5. The first-order valence-electron chi connectivity index (χ1n) is 8.93. The minimum absolute atomic E-state index is 0.0234. The molecule has 0 amide bonds. The standard InChI is InChI=1S/C21H18N4O4/c1-24-20(27)17-18(25(21(24)28)14-8-10-15(29-2)11-9-14)22-16(19(26)23-17)12-13-6-4-3-5-7-13/h3-11H,12H2,1-2H3,(H,23,26). The number of ether oxygens (including phenoxy) is 1. The lowest BCUT2D eigenvalue weighted by Gasteiger charge is -2.12. The van der Waals surface area contributed by atoms with Gasteiger partial charge in [-0.15, -0.1) is 0 Å². The quantitative estimate of drug-likeness (QED) is 0.567. The lowest BCUT2D eigenvalue weighted by atomic mass is 10.1. The van der Waals surface area contributed by atoms with E-state index in [9.17, 15) is 14.4 Å². The van der Waals surface area contributed by atoms with E-state index in [1.807, 2.05) is 30.3 Å². The van der Waals surface area contributed by atoms with Gasteiger partial charge >= 0.3 is 5.69 Å². The van der Waals surface area contributed by atoms with Crippen LogP contribution >= 0.6 is 0 Å². The summed E-state index contributed by atoms with van der Waals surface area (Å²) in [6, 6.07) is 16.2. The van der Waals surface area contributed by atoms with E-state index >= 15 is 0 Å². The van der Waals surface area contributed by atoms with Gasteiger partial charge in [-0.3, -0.25) is 14.2 Å². The number of methoxy groups -OCH3 is 1. The average Bonchev–Trinajstić information content (AvgIpc) is 2.75. The van der Waals surface area contributed by atoms with Gasteiger partial charge in [0, 0.05) is 13.5 Å². The van der Waals surface area contributed by atoms with E-state index in [4.69, 9.17) is 4.74 Å². The highest BCUT2D eigenvalue weighted by Crippen LogP contribution is 2.16. The molecule has 0 saturated carbocycles. The summed E-state index contributed by atoms with van der Waals surface area (Å²) in [7, 11) is 2.91. The van der Waals surface area contributed by atoms with Crippen LogP contribution in [-0.2, 0) is 13.5 Å². The largest absolute Gasteiger partial charge is 0.497 e. The molecule has 0 bridgehead atoms. The van der Waals surface area contributed by atoms with Crippen LogP contribution in [0.3, 0.4) is 0 Å². The number of rotatable bonds is 4. The number of H-pyrrole nitrogens is 1. The van der Waals surface area contributed by atoms with Crippen molar-refractivity contribution >= 4 is 11.2 Å². The van der Waals surface area contributed by atoms with Crippen molar-refractivity contribution < 1.29 is 4.74 Å². The lowest BCUT2D eigenvalue weighted by Crippen LogP contribution is -2.39. The molecule has 29 heavy (non-hydrogen) atoms. The summed E-state index contributed by atoms with van der Waals surface area (Å²) in [5, 5.41) is 0. The van der Waals surface area contributed by atoms with Crippen LogP contribution in [0.15, 0.2) is 69.0 Å². The second-order valence-corrected chi connectivity index (χ2v) is 6.55. The molecule has 0 aliphatic carbocycles. The molecule has 2 heterocycles. The van der Waals surface area contributed by atoms with Crippen molar-refractivity contribution in [1.82, 2.24) is 19.1 Å². The summed E-state index contributed by atoms with van der Waals surface area (Å²) in [6.07, 6.45) is 0.276. The highest BCUT2D eigenvalue weighted by molar-refractivity contribution is 5.71.